The van der Waals surface area contributed by atoms with Crippen LogP contribution in [-0.2, 0) is 0 Å². The molecule has 2 heterocycles. The number of ether oxygens (including phenoxy) is 1. The first-order chi connectivity index (χ1) is 24.3. The van der Waals surface area contributed by atoms with Crippen LogP contribution >= 0.6 is 0 Å². The molecule has 0 saturated carbocycles. The number of hydrogen-bond donors (Lipinski definition) is 0. The number of benzene rings is 3. The third-order valence-corrected chi connectivity index (χ3v) is 13.8. The highest BCUT2D eigenvalue weighted by atomic mass is 28.2. The fourth-order valence-corrected chi connectivity index (χ4v) is 11.4. The standard InChI is InChI=1S/C46H41NOSi/c1-2-10-30(11-3-1)32-22-24-36(25-23-32)47(37-15-8-14-34(29-37)35-21-20-31-12-4-5-13-33(31)28-35)41-18-9-17-40-44-43(49-46(40)41)27-26-39-38-16-6-7-19-42(38)48-45(39)44/h1-6,8,10-16,18,21-22,24-29,31-32,38,42H,7,9,17,19-20,23,49H2. The molecule has 7 aliphatic rings. The molecular formula is C46H41NOSi. The average Bonchev–Trinajstić information content (AvgIpc) is 3.75. The van der Waals surface area contributed by atoms with Gasteiger partial charge in [0, 0.05) is 46.0 Å². The first-order valence-corrected chi connectivity index (χ1v) is 19.7. The summed E-state index contributed by atoms with van der Waals surface area (Å²) in [5.41, 5.74) is 13.8. The smallest absolute Gasteiger partial charge is 0.131 e. The van der Waals surface area contributed by atoms with Gasteiger partial charge in [-0.1, -0.05) is 127 Å². The van der Waals surface area contributed by atoms with Crippen LogP contribution in [0.25, 0.3) is 11.1 Å². The summed E-state index contributed by atoms with van der Waals surface area (Å²) >= 11 is 0. The molecule has 5 aliphatic carbocycles. The van der Waals surface area contributed by atoms with Crippen molar-refractivity contribution in [2.24, 2.45) is 5.92 Å². The third-order valence-electron chi connectivity index (χ3n) is 11.7. The molecule has 49 heavy (non-hydrogen) atoms. The highest BCUT2D eigenvalue weighted by Gasteiger charge is 2.40. The number of allylic oxidation sites excluding steroid dienone is 15. The first kappa shape index (κ1) is 29.1. The predicted octanol–water partition coefficient (Wildman–Crippen LogP) is 9.67. The van der Waals surface area contributed by atoms with E-state index in [9.17, 15) is 0 Å². The van der Waals surface area contributed by atoms with Crippen LogP contribution in [0.15, 0.2) is 162 Å². The lowest BCUT2D eigenvalue weighted by Gasteiger charge is -2.34. The molecule has 0 amide bonds. The van der Waals surface area contributed by atoms with E-state index in [4.69, 9.17) is 4.74 Å². The zero-order chi connectivity index (χ0) is 32.3. The summed E-state index contributed by atoms with van der Waals surface area (Å²) in [5, 5.41) is 3.17. The predicted molar refractivity (Wildman–Crippen MR) is 207 cm³/mol. The van der Waals surface area contributed by atoms with E-state index in [1.54, 1.807) is 16.0 Å². The Morgan fingerprint density at radius 3 is 2.65 bits per heavy atom. The molecule has 0 saturated heterocycles. The largest absolute Gasteiger partial charge is 0.489 e. The topological polar surface area (TPSA) is 12.5 Å². The molecule has 2 nitrogen and oxygen atoms in total. The second kappa shape index (κ2) is 11.9. The first-order valence-electron chi connectivity index (χ1n) is 18.3. The van der Waals surface area contributed by atoms with E-state index in [-0.39, 0.29) is 0 Å². The Kier molecular flexibility index (Phi) is 7.08. The van der Waals surface area contributed by atoms with Gasteiger partial charge in [0.2, 0.25) is 0 Å². The summed E-state index contributed by atoms with van der Waals surface area (Å²) in [7, 11) is -0.690. The summed E-state index contributed by atoms with van der Waals surface area (Å²) in [6, 6.07) is 25.1. The summed E-state index contributed by atoms with van der Waals surface area (Å²) < 4.78 is 6.83. The van der Waals surface area contributed by atoms with Gasteiger partial charge < -0.3 is 9.64 Å². The van der Waals surface area contributed by atoms with E-state index in [1.807, 2.05) is 0 Å². The molecule has 2 aliphatic heterocycles. The second-order valence-corrected chi connectivity index (χ2v) is 16.3. The Balaban J connectivity index is 1.05. The highest BCUT2D eigenvalue weighted by Crippen LogP contribution is 2.50. The van der Waals surface area contributed by atoms with Gasteiger partial charge in [-0.05, 0) is 89.8 Å². The van der Waals surface area contributed by atoms with Gasteiger partial charge in [-0.3, -0.25) is 0 Å². The molecule has 0 spiro atoms. The van der Waals surface area contributed by atoms with Gasteiger partial charge in [0.05, 0.1) is 9.52 Å². The van der Waals surface area contributed by atoms with Gasteiger partial charge in [-0.2, -0.15) is 0 Å². The average molecular weight is 652 g/mol. The van der Waals surface area contributed by atoms with Gasteiger partial charge >= 0.3 is 0 Å². The lowest BCUT2D eigenvalue weighted by molar-refractivity contribution is 0.204. The quantitative estimate of drug-likeness (QED) is 0.201. The number of anilines is 1. The fourth-order valence-electron chi connectivity index (χ4n) is 9.21. The van der Waals surface area contributed by atoms with Crippen molar-refractivity contribution in [1.29, 1.82) is 0 Å². The van der Waals surface area contributed by atoms with Gasteiger partial charge in [-0.15, -0.1) is 0 Å². The van der Waals surface area contributed by atoms with Gasteiger partial charge in [0.1, 0.15) is 11.9 Å². The summed E-state index contributed by atoms with van der Waals surface area (Å²) in [4.78, 5) is 2.60. The van der Waals surface area contributed by atoms with Crippen molar-refractivity contribution in [1.82, 2.24) is 0 Å². The zero-order valence-corrected chi connectivity index (χ0v) is 29.3. The van der Waals surface area contributed by atoms with E-state index >= 15 is 0 Å². The van der Waals surface area contributed by atoms with Crippen molar-refractivity contribution in [2.75, 3.05) is 4.90 Å². The number of hydrogen-bond acceptors (Lipinski definition) is 2. The molecular weight excluding hydrogens is 611 g/mol. The van der Waals surface area contributed by atoms with Crippen LogP contribution in [0, 0.1) is 5.92 Å². The van der Waals surface area contributed by atoms with Crippen molar-refractivity contribution in [3.8, 4) is 5.75 Å². The maximum absolute atomic E-state index is 6.83. The molecule has 10 rings (SSSR count). The van der Waals surface area contributed by atoms with Gasteiger partial charge in [0.25, 0.3) is 0 Å². The number of rotatable bonds is 5. The van der Waals surface area contributed by atoms with Gasteiger partial charge in [-0.25, -0.2) is 0 Å². The Bertz CT molecular complexity index is 2150. The maximum atomic E-state index is 6.83. The monoisotopic (exact) mass is 651 g/mol. The van der Waals surface area contributed by atoms with Crippen LogP contribution in [0.5, 0.6) is 5.75 Å². The van der Waals surface area contributed by atoms with E-state index < -0.39 is 9.52 Å². The fraction of sp³-hybridized carbons (Fsp3) is 0.217. The molecule has 3 aromatic carbocycles. The molecule has 3 aromatic rings. The van der Waals surface area contributed by atoms with E-state index in [0.717, 1.165) is 38.5 Å². The zero-order valence-electron chi connectivity index (χ0n) is 27.9. The van der Waals surface area contributed by atoms with Crippen molar-refractivity contribution in [3.05, 3.63) is 184 Å². The molecule has 0 fully saturated rings. The van der Waals surface area contributed by atoms with Crippen molar-refractivity contribution < 1.29 is 4.74 Å². The molecule has 0 N–H and O–H groups in total. The molecule has 240 valence electrons. The Morgan fingerprint density at radius 1 is 0.796 bits per heavy atom. The van der Waals surface area contributed by atoms with E-state index in [0.29, 0.717) is 23.9 Å². The Hall–Kier alpha value is -4.86. The molecule has 0 bridgehead atoms. The minimum Gasteiger partial charge on any atom is -0.489 e. The van der Waals surface area contributed by atoms with Crippen LogP contribution in [0.1, 0.15) is 72.6 Å². The normalized spacial score (nSPS) is 26.1. The minimum atomic E-state index is -0.690. The van der Waals surface area contributed by atoms with E-state index in [2.05, 4.69) is 145 Å². The van der Waals surface area contributed by atoms with Crippen molar-refractivity contribution in [3.63, 3.8) is 0 Å². The van der Waals surface area contributed by atoms with Crippen LogP contribution in [0.3, 0.4) is 0 Å². The molecule has 4 unspecified atom stereocenters. The summed E-state index contributed by atoms with van der Waals surface area (Å²) in [6.07, 6.45) is 35.1. The Morgan fingerprint density at radius 2 is 1.73 bits per heavy atom. The van der Waals surface area contributed by atoms with Crippen LogP contribution in [0.4, 0.5) is 5.69 Å². The number of nitrogens with zero attached hydrogens (tertiary/aromatic N) is 1. The summed E-state index contributed by atoms with van der Waals surface area (Å²) in [6.45, 7) is 0. The third kappa shape index (κ3) is 4.97. The van der Waals surface area contributed by atoms with E-state index in [1.165, 1.54) is 56.2 Å². The van der Waals surface area contributed by atoms with Crippen LogP contribution < -0.4 is 14.8 Å². The SMILES string of the molecule is C1=CC2=CC(c3cccc(N(C4=CCC(c5ccccc5)C=C4)C4=CCCC5=C4[SiH2]c4ccc6c(c45)OC4CCC=CC64)c3)=CCC2C=C1. The molecule has 0 radical (unpaired) electrons. The van der Waals surface area contributed by atoms with Crippen molar-refractivity contribution >= 4 is 31.5 Å². The lowest BCUT2D eigenvalue weighted by Crippen LogP contribution is -2.27. The molecule has 4 atom stereocenters. The van der Waals surface area contributed by atoms with Crippen LogP contribution in [-0.4, -0.2) is 15.6 Å². The lowest BCUT2D eigenvalue weighted by atomic mass is 9.84. The van der Waals surface area contributed by atoms with Crippen molar-refractivity contribution in [2.45, 2.75) is 56.5 Å². The molecule has 0 aromatic heterocycles. The Labute approximate surface area is 292 Å². The number of fused-ring (bicyclic) bond motifs is 7. The summed E-state index contributed by atoms with van der Waals surface area (Å²) in [5.74, 6) is 2.52. The van der Waals surface area contributed by atoms with Gasteiger partial charge in [0.15, 0.2) is 0 Å². The highest BCUT2D eigenvalue weighted by molar-refractivity contribution is 6.67. The minimum absolute atomic E-state index is 0.296. The maximum Gasteiger partial charge on any atom is 0.131 e. The second-order valence-electron chi connectivity index (χ2n) is 14.5. The molecule has 3 heteroatoms. The van der Waals surface area contributed by atoms with Crippen LogP contribution in [0.2, 0.25) is 0 Å².